The number of tetrazole rings is 1. The maximum Gasteiger partial charge on any atom is 0.171 e. The number of aliphatic hydroxyl groups is 1. The fourth-order valence-electron chi connectivity index (χ4n) is 8.92. The molecule has 168 valence electrons. The normalized spacial score (nSPS) is 48.1. The van der Waals surface area contributed by atoms with Crippen molar-refractivity contribution < 1.29 is 5.11 Å². The third-order valence-electron chi connectivity index (χ3n) is 10.9. The highest BCUT2D eigenvalue weighted by Gasteiger charge is 2.60. The third kappa shape index (κ3) is 3.17. The molecule has 0 aromatic carbocycles. The van der Waals surface area contributed by atoms with Crippen molar-refractivity contribution in [3.8, 4) is 0 Å². The van der Waals surface area contributed by atoms with E-state index in [1.54, 1.807) is 4.80 Å². The predicted octanol–water partition coefficient (Wildman–Crippen LogP) is 5.17. The lowest BCUT2D eigenvalue weighted by atomic mass is 9.43. The quantitative estimate of drug-likeness (QED) is 0.738. The highest BCUT2D eigenvalue weighted by atomic mass is 16.3. The van der Waals surface area contributed by atoms with Gasteiger partial charge in [-0.1, -0.05) is 20.8 Å². The second kappa shape index (κ2) is 7.28. The zero-order valence-electron chi connectivity index (χ0n) is 19.6. The van der Waals surface area contributed by atoms with Gasteiger partial charge in [-0.05, 0) is 123 Å². The molecule has 1 heterocycles. The maximum atomic E-state index is 11.0. The molecule has 0 aliphatic heterocycles. The molecule has 0 unspecified atom stereocenters. The Hall–Kier alpha value is -0.970. The minimum absolute atomic E-state index is 0.383. The summed E-state index contributed by atoms with van der Waals surface area (Å²) in [5.74, 6) is 5.01. The van der Waals surface area contributed by atoms with Crippen LogP contribution in [0.3, 0.4) is 0 Å². The van der Waals surface area contributed by atoms with Crippen molar-refractivity contribution in [2.75, 3.05) is 0 Å². The van der Waals surface area contributed by atoms with Crippen LogP contribution in [0.1, 0.15) is 97.2 Å². The van der Waals surface area contributed by atoms with Gasteiger partial charge < -0.3 is 5.11 Å². The number of fused-ring (bicyclic) bond motifs is 5. The molecule has 0 amide bonds. The summed E-state index contributed by atoms with van der Waals surface area (Å²) in [5, 5.41) is 23.6. The van der Waals surface area contributed by atoms with Crippen LogP contribution in [-0.4, -0.2) is 30.9 Å². The molecule has 8 atom stereocenters. The molecule has 0 spiro atoms. The van der Waals surface area contributed by atoms with Crippen LogP contribution in [0.15, 0.2) is 0 Å². The van der Waals surface area contributed by atoms with Crippen molar-refractivity contribution in [2.45, 2.75) is 110 Å². The molecule has 4 aliphatic carbocycles. The van der Waals surface area contributed by atoms with Crippen LogP contribution >= 0.6 is 0 Å². The first-order chi connectivity index (χ1) is 14.3. The average Bonchev–Trinajstić information content (AvgIpc) is 3.29. The number of aromatic nitrogens is 4. The van der Waals surface area contributed by atoms with Gasteiger partial charge in [-0.3, -0.25) is 0 Å². The van der Waals surface area contributed by atoms with Crippen LogP contribution in [0, 0.1) is 47.3 Å². The first-order valence-electron chi connectivity index (χ1n) is 12.7. The summed E-state index contributed by atoms with van der Waals surface area (Å²) in [6, 6.07) is 0. The molecular formula is C25H42N4O. The van der Waals surface area contributed by atoms with E-state index in [4.69, 9.17) is 0 Å². The van der Waals surface area contributed by atoms with Gasteiger partial charge >= 0.3 is 0 Å². The highest BCUT2D eigenvalue weighted by molar-refractivity contribution is 5.10. The summed E-state index contributed by atoms with van der Waals surface area (Å²) >= 11 is 0. The van der Waals surface area contributed by atoms with Gasteiger partial charge in [0.1, 0.15) is 0 Å². The smallest absolute Gasteiger partial charge is 0.171 e. The minimum atomic E-state index is -0.383. The van der Waals surface area contributed by atoms with Crippen LogP contribution < -0.4 is 0 Å². The Labute approximate surface area is 182 Å². The molecule has 5 heteroatoms. The SMILES string of the molecule is CC[C@@]1(O)CC[C@@]2(C)[C@@H](CC[C@@H]3[C@@H]2CC[C@]2(C)[C@@H](CCn4nnc(C)n4)CC[C@@H]32)C1. The lowest BCUT2D eigenvalue weighted by Gasteiger charge is -2.62. The zero-order valence-corrected chi connectivity index (χ0v) is 19.6. The standard InChI is InChI=1S/C25H42N4O/c1-5-25(30)14-13-24(4)19(16-25)6-8-20-21-9-7-18(23(21,3)12-10-22(20)24)11-15-29-27-17(2)26-28-29/h18-22,30H,5-16H2,1-4H3/t18-,19+,20+,21+,22+,23-,24+,25-/m1/s1. The van der Waals surface area contributed by atoms with E-state index in [-0.39, 0.29) is 5.60 Å². The fraction of sp³-hybridized carbons (Fsp3) is 0.960. The molecule has 30 heavy (non-hydrogen) atoms. The Morgan fingerprint density at radius 2 is 1.80 bits per heavy atom. The van der Waals surface area contributed by atoms with Crippen molar-refractivity contribution in [3.05, 3.63) is 5.82 Å². The summed E-state index contributed by atoms with van der Waals surface area (Å²) in [6.07, 6.45) is 13.8. The predicted molar refractivity (Wildman–Crippen MR) is 118 cm³/mol. The lowest BCUT2D eigenvalue weighted by Crippen LogP contribution is -2.55. The summed E-state index contributed by atoms with van der Waals surface area (Å²) in [5.41, 5.74) is 0.580. The molecule has 0 bridgehead atoms. The third-order valence-corrected chi connectivity index (χ3v) is 10.9. The Kier molecular flexibility index (Phi) is 5.07. The molecule has 0 saturated heterocycles. The Morgan fingerprint density at radius 1 is 1.00 bits per heavy atom. The highest BCUT2D eigenvalue weighted by Crippen LogP contribution is 2.68. The van der Waals surface area contributed by atoms with Crippen molar-refractivity contribution in [2.24, 2.45) is 40.4 Å². The van der Waals surface area contributed by atoms with E-state index in [1.165, 1.54) is 51.4 Å². The van der Waals surface area contributed by atoms with Crippen LogP contribution in [0.4, 0.5) is 0 Å². The molecular weight excluding hydrogens is 372 g/mol. The molecule has 4 aliphatic rings. The van der Waals surface area contributed by atoms with Crippen LogP contribution in [0.25, 0.3) is 0 Å². The van der Waals surface area contributed by atoms with E-state index in [9.17, 15) is 5.11 Å². The summed E-state index contributed by atoms with van der Waals surface area (Å²) in [4.78, 5) is 1.81. The van der Waals surface area contributed by atoms with Crippen LogP contribution in [0.2, 0.25) is 0 Å². The molecule has 1 aromatic rings. The van der Waals surface area contributed by atoms with Gasteiger partial charge in [0.2, 0.25) is 0 Å². The van der Waals surface area contributed by atoms with Crippen molar-refractivity contribution in [1.29, 1.82) is 0 Å². The average molecular weight is 415 g/mol. The van der Waals surface area contributed by atoms with E-state index in [0.717, 1.165) is 61.2 Å². The zero-order chi connectivity index (χ0) is 21.1. The largest absolute Gasteiger partial charge is 0.390 e. The van der Waals surface area contributed by atoms with Gasteiger partial charge in [0.15, 0.2) is 5.82 Å². The van der Waals surface area contributed by atoms with Crippen LogP contribution in [-0.2, 0) is 6.54 Å². The van der Waals surface area contributed by atoms with Gasteiger partial charge in [-0.2, -0.15) is 4.80 Å². The lowest BCUT2D eigenvalue weighted by molar-refractivity contribution is -0.151. The van der Waals surface area contributed by atoms with E-state index in [2.05, 4.69) is 36.2 Å². The first-order valence-corrected chi connectivity index (χ1v) is 12.7. The van der Waals surface area contributed by atoms with E-state index in [1.807, 2.05) is 6.92 Å². The summed E-state index contributed by atoms with van der Waals surface area (Å²) in [7, 11) is 0. The van der Waals surface area contributed by atoms with Gasteiger partial charge in [0, 0.05) is 0 Å². The number of hydrogen-bond acceptors (Lipinski definition) is 4. The van der Waals surface area contributed by atoms with Crippen molar-refractivity contribution in [3.63, 3.8) is 0 Å². The Balaban J connectivity index is 1.30. The minimum Gasteiger partial charge on any atom is -0.390 e. The van der Waals surface area contributed by atoms with E-state index >= 15 is 0 Å². The second-order valence-electron chi connectivity index (χ2n) is 12.0. The molecule has 4 fully saturated rings. The fourth-order valence-corrected chi connectivity index (χ4v) is 8.92. The van der Waals surface area contributed by atoms with Gasteiger partial charge in [0.05, 0.1) is 12.1 Å². The number of hydrogen-bond donors (Lipinski definition) is 1. The second-order valence-corrected chi connectivity index (χ2v) is 12.0. The number of rotatable bonds is 4. The summed E-state index contributed by atoms with van der Waals surface area (Å²) < 4.78 is 0. The van der Waals surface area contributed by atoms with Crippen molar-refractivity contribution in [1.82, 2.24) is 20.2 Å². The number of nitrogens with zero attached hydrogens (tertiary/aromatic N) is 4. The molecule has 5 rings (SSSR count). The van der Waals surface area contributed by atoms with Gasteiger partial charge in [-0.25, -0.2) is 0 Å². The Morgan fingerprint density at radius 3 is 2.53 bits per heavy atom. The molecule has 1 aromatic heterocycles. The topological polar surface area (TPSA) is 63.8 Å². The molecule has 4 saturated carbocycles. The number of aryl methyl sites for hydroxylation is 2. The first kappa shape index (κ1) is 20.9. The van der Waals surface area contributed by atoms with E-state index < -0.39 is 0 Å². The van der Waals surface area contributed by atoms with E-state index in [0.29, 0.717) is 10.8 Å². The van der Waals surface area contributed by atoms with Crippen molar-refractivity contribution >= 4 is 0 Å². The monoisotopic (exact) mass is 414 g/mol. The molecule has 0 radical (unpaired) electrons. The Bertz CT molecular complexity index is 779. The molecule has 5 nitrogen and oxygen atoms in total. The van der Waals surface area contributed by atoms with Gasteiger partial charge in [0.25, 0.3) is 0 Å². The van der Waals surface area contributed by atoms with Gasteiger partial charge in [-0.15, -0.1) is 10.2 Å². The maximum absolute atomic E-state index is 11.0. The molecule has 1 N–H and O–H groups in total. The van der Waals surface area contributed by atoms with Crippen LogP contribution in [0.5, 0.6) is 0 Å². The summed E-state index contributed by atoms with van der Waals surface area (Å²) in [6.45, 7) is 10.2.